The topological polar surface area (TPSA) is 52.4 Å². The monoisotopic (exact) mass is 257 g/mol. The molecule has 19 heavy (non-hydrogen) atoms. The van der Waals surface area contributed by atoms with Crippen molar-refractivity contribution in [1.29, 1.82) is 0 Å². The third-order valence-electron chi connectivity index (χ3n) is 3.02. The molecule has 0 N–H and O–H groups in total. The van der Waals surface area contributed by atoms with Crippen molar-refractivity contribution in [2.75, 3.05) is 0 Å². The lowest BCUT2D eigenvalue weighted by Crippen LogP contribution is -1.98. The fourth-order valence-electron chi connectivity index (χ4n) is 1.86. The summed E-state index contributed by atoms with van der Waals surface area (Å²) in [5, 5.41) is 10.7. The molecular formula is C15H15NO3. The van der Waals surface area contributed by atoms with Gasteiger partial charge in [0, 0.05) is 11.6 Å². The average molecular weight is 257 g/mol. The van der Waals surface area contributed by atoms with E-state index in [9.17, 15) is 10.1 Å². The van der Waals surface area contributed by atoms with Gasteiger partial charge >= 0.3 is 0 Å². The number of hydrogen-bond donors (Lipinski definition) is 0. The molecule has 0 saturated carbocycles. The predicted molar refractivity (Wildman–Crippen MR) is 73.3 cm³/mol. The summed E-state index contributed by atoms with van der Waals surface area (Å²) in [6, 6.07) is 12.8. The van der Waals surface area contributed by atoms with E-state index in [1.807, 2.05) is 31.2 Å². The molecule has 0 aromatic heterocycles. The van der Waals surface area contributed by atoms with Crippen molar-refractivity contribution < 1.29 is 9.66 Å². The molecule has 2 aromatic rings. The third kappa shape index (κ3) is 3.10. The summed E-state index contributed by atoms with van der Waals surface area (Å²) in [6.07, 6.45) is 0. The zero-order valence-electron chi connectivity index (χ0n) is 10.9. The number of ether oxygens (including phenoxy) is 1. The number of rotatable bonds is 4. The zero-order valence-corrected chi connectivity index (χ0v) is 10.9. The van der Waals surface area contributed by atoms with Crippen LogP contribution in [0.4, 0.5) is 5.69 Å². The van der Waals surface area contributed by atoms with Crippen molar-refractivity contribution >= 4 is 5.69 Å². The first-order chi connectivity index (χ1) is 9.08. The van der Waals surface area contributed by atoms with Gasteiger partial charge in [-0.3, -0.25) is 10.1 Å². The summed E-state index contributed by atoms with van der Waals surface area (Å²) >= 11 is 0. The molecule has 4 nitrogen and oxygen atoms in total. The van der Waals surface area contributed by atoms with Gasteiger partial charge in [-0.2, -0.15) is 0 Å². The fraction of sp³-hybridized carbons (Fsp3) is 0.200. The van der Waals surface area contributed by atoms with Crippen molar-refractivity contribution in [2.45, 2.75) is 20.5 Å². The van der Waals surface area contributed by atoms with E-state index in [0.717, 1.165) is 5.56 Å². The summed E-state index contributed by atoms with van der Waals surface area (Å²) in [6.45, 7) is 4.20. The van der Waals surface area contributed by atoms with Crippen LogP contribution in [-0.4, -0.2) is 4.92 Å². The van der Waals surface area contributed by atoms with Gasteiger partial charge in [0.05, 0.1) is 4.92 Å². The fourth-order valence-corrected chi connectivity index (χ4v) is 1.86. The van der Waals surface area contributed by atoms with E-state index in [-0.39, 0.29) is 10.6 Å². The molecule has 0 aliphatic heterocycles. The first kappa shape index (κ1) is 13.1. The van der Waals surface area contributed by atoms with Gasteiger partial charge in [0.1, 0.15) is 12.4 Å². The second-order valence-corrected chi connectivity index (χ2v) is 4.42. The van der Waals surface area contributed by atoms with Crippen molar-refractivity contribution in [2.24, 2.45) is 0 Å². The minimum absolute atomic E-state index is 0.114. The van der Waals surface area contributed by atoms with Gasteiger partial charge in [-0.1, -0.05) is 24.3 Å². The lowest BCUT2D eigenvalue weighted by Gasteiger charge is -2.09. The van der Waals surface area contributed by atoms with Crippen LogP contribution in [0.3, 0.4) is 0 Å². The van der Waals surface area contributed by atoms with Crippen LogP contribution in [0.25, 0.3) is 0 Å². The molecule has 0 atom stereocenters. The van der Waals surface area contributed by atoms with Gasteiger partial charge < -0.3 is 4.74 Å². The number of aryl methyl sites for hydroxylation is 2. The van der Waals surface area contributed by atoms with E-state index in [0.29, 0.717) is 17.9 Å². The first-order valence-corrected chi connectivity index (χ1v) is 6.00. The lowest BCUT2D eigenvalue weighted by molar-refractivity contribution is -0.385. The Balaban J connectivity index is 2.11. The van der Waals surface area contributed by atoms with E-state index in [4.69, 9.17) is 4.74 Å². The minimum Gasteiger partial charge on any atom is -0.489 e. The zero-order chi connectivity index (χ0) is 13.8. The maximum absolute atomic E-state index is 10.7. The average Bonchev–Trinajstić information content (AvgIpc) is 2.37. The highest BCUT2D eigenvalue weighted by Crippen LogP contribution is 2.23. The summed E-state index contributed by atoms with van der Waals surface area (Å²) in [7, 11) is 0. The summed E-state index contributed by atoms with van der Waals surface area (Å²) < 4.78 is 5.67. The maximum Gasteiger partial charge on any atom is 0.272 e. The van der Waals surface area contributed by atoms with Gasteiger partial charge in [-0.25, -0.2) is 0 Å². The second kappa shape index (κ2) is 5.52. The molecule has 2 aromatic carbocycles. The number of nitrogens with zero attached hydrogens (tertiary/aromatic N) is 1. The summed E-state index contributed by atoms with van der Waals surface area (Å²) in [5.74, 6) is 0.645. The Morgan fingerprint density at radius 2 is 1.84 bits per heavy atom. The Morgan fingerprint density at radius 3 is 2.47 bits per heavy atom. The van der Waals surface area contributed by atoms with Crippen LogP contribution >= 0.6 is 0 Å². The predicted octanol–water partition coefficient (Wildman–Crippen LogP) is 3.79. The summed E-state index contributed by atoms with van der Waals surface area (Å²) in [5.41, 5.74) is 3.00. The molecule has 0 spiro atoms. The summed E-state index contributed by atoms with van der Waals surface area (Å²) in [4.78, 5) is 10.3. The molecule has 98 valence electrons. The third-order valence-corrected chi connectivity index (χ3v) is 3.02. The Morgan fingerprint density at radius 1 is 1.11 bits per heavy atom. The minimum atomic E-state index is -0.388. The van der Waals surface area contributed by atoms with Crippen LogP contribution in [0.1, 0.15) is 16.7 Å². The highest BCUT2D eigenvalue weighted by molar-refractivity contribution is 5.44. The van der Waals surface area contributed by atoms with E-state index in [1.54, 1.807) is 19.1 Å². The van der Waals surface area contributed by atoms with Crippen LogP contribution in [0.5, 0.6) is 5.75 Å². The van der Waals surface area contributed by atoms with E-state index in [1.165, 1.54) is 11.6 Å². The smallest absolute Gasteiger partial charge is 0.272 e. The van der Waals surface area contributed by atoms with Crippen molar-refractivity contribution in [3.8, 4) is 5.75 Å². The van der Waals surface area contributed by atoms with Crippen LogP contribution in [-0.2, 0) is 6.61 Å². The molecule has 0 unspecified atom stereocenters. The van der Waals surface area contributed by atoms with Crippen LogP contribution < -0.4 is 4.74 Å². The normalized spacial score (nSPS) is 10.2. The Bertz CT molecular complexity index is 608. The van der Waals surface area contributed by atoms with Crippen LogP contribution in [0.2, 0.25) is 0 Å². The number of nitro benzene ring substituents is 1. The lowest BCUT2D eigenvalue weighted by atomic mass is 10.1. The van der Waals surface area contributed by atoms with Crippen LogP contribution in [0, 0.1) is 24.0 Å². The largest absolute Gasteiger partial charge is 0.489 e. The van der Waals surface area contributed by atoms with Crippen molar-refractivity contribution in [3.05, 3.63) is 69.3 Å². The number of nitro groups is 1. The molecule has 4 heteroatoms. The number of hydrogen-bond acceptors (Lipinski definition) is 3. The van der Waals surface area contributed by atoms with Gasteiger partial charge in [-0.05, 0) is 37.1 Å². The molecule has 2 rings (SSSR count). The van der Waals surface area contributed by atoms with E-state index in [2.05, 4.69) is 0 Å². The Kier molecular flexibility index (Phi) is 3.80. The SMILES string of the molecule is Cc1ccccc1COc1ccc([N+](=O)[O-])c(C)c1. The van der Waals surface area contributed by atoms with Gasteiger partial charge in [0.15, 0.2) is 0 Å². The molecular weight excluding hydrogens is 242 g/mol. The standard InChI is InChI=1S/C15H15NO3/c1-11-5-3-4-6-13(11)10-19-14-7-8-15(16(17)18)12(2)9-14/h3-9H,10H2,1-2H3. The van der Waals surface area contributed by atoms with Crippen molar-refractivity contribution in [1.82, 2.24) is 0 Å². The first-order valence-electron chi connectivity index (χ1n) is 6.00. The van der Waals surface area contributed by atoms with Crippen molar-refractivity contribution in [3.63, 3.8) is 0 Å². The highest BCUT2D eigenvalue weighted by Gasteiger charge is 2.10. The molecule has 0 aliphatic carbocycles. The number of benzene rings is 2. The molecule has 0 aliphatic rings. The molecule has 0 fully saturated rings. The quantitative estimate of drug-likeness (QED) is 0.618. The van der Waals surface area contributed by atoms with E-state index < -0.39 is 0 Å². The van der Waals surface area contributed by atoms with Gasteiger partial charge in [0.25, 0.3) is 5.69 Å². The molecule has 0 radical (unpaired) electrons. The maximum atomic E-state index is 10.7. The second-order valence-electron chi connectivity index (χ2n) is 4.42. The Hall–Kier alpha value is -2.36. The van der Waals surface area contributed by atoms with Gasteiger partial charge in [0.2, 0.25) is 0 Å². The highest BCUT2D eigenvalue weighted by atomic mass is 16.6. The molecule has 0 heterocycles. The molecule has 0 amide bonds. The molecule has 0 saturated heterocycles. The van der Waals surface area contributed by atoms with Gasteiger partial charge in [-0.15, -0.1) is 0 Å². The van der Waals surface area contributed by atoms with Crippen LogP contribution in [0.15, 0.2) is 42.5 Å². The molecule has 0 bridgehead atoms. The Labute approximate surface area is 111 Å². The van der Waals surface area contributed by atoms with E-state index >= 15 is 0 Å².